The van der Waals surface area contributed by atoms with E-state index in [4.69, 9.17) is 0 Å². The summed E-state index contributed by atoms with van der Waals surface area (Å²) in [5.74, 6) is 0. The van der Waals surface area contributed by atoms with Crippen LogP contribution in [0, 0.1) is 6.92 Å². The summed E-state index contributed by atoms with van der Waals surface area (Å²) in [5, 5.41) is 4.37. The molecule has 2 rings (SSSR count). The van der Waals surface area contributed by atoms with Gasteiger partial charge in [-0.25, -0.2) is 4.79 Å². The molecule has 0 aliphatic heterocycles. The predicted octanol–water partition coefficient (Wildman–Crippen LogP) is 5.35. The molecule has 140 valence electrons. The lowest BCUT2D eigenvalue weighted by atomic mass is 10.1. The van der Waals surface area contributed by atoms with E-state index in [0.717, 1.165) is 11.1 Å². The number of carbonyl (C=O) groups is 1. The quantitative estimate of drug-likeness (QED) is 0.697. The third-order valence-corrected chi connectivity index (χ3v) is 3.42. The van der Waals surface area contributed by atoms with Crippen LogP contribution >= 0.6 is 0 Å². The van der Waals surface area contributed by atoms with Crippen LogP contribution in [-0.4, -0.2) is 6.03 Å². The zero-order valence-corrected chi connectivity index (χ0v) is 13.4. The summed E-state index contributed by atoms with van der Waals surface area (Å²) >= 11 is 0. The molecule has 0 atom stereocenters. The van der Waals surface area contributed by atoms with Gasteiger partial charge in [0.15, 0.2) is 0 Å². The van der Waals surface area contributed by atoms with E-state index in [2.05, 4.69) is 5.32 Å². The Labute approximate surface area is 145 Å². The van der Waals surface area contributed by atoms with E-state index in [0.29, 0.717) is 12.1 Å². The number of hydrogen-bond acceptors (Lipinski definition) is 1. The molecule has 0 unspecified atom stereocenters. The van der Waals surface area contributed by atoms with E-state index in [9.17, 15) is 31.1 Å². The van der Waals surface area contributed by atoms with E-state index in [1.54, 1.807) is 24.3 Å². The second kappa shape index (κ2) is 7.27. The molecular weight excluding hydrogens is 362 g/mol. The second-order valence-corrected chi connectivity index (χ2v) is 5.59. The number of halogens is 6. The van der Waals surface area contributed by atoms with E-state index in [-0.39, 0.29) is 12.6 Å². The van der Waals surface area contributed by atoms with Gasteiger partial charge in [0.1, 0.15) is 0 Å². The molecule has 0 spiro atoms. The number of amides is 2. The van der Waals surface area contributed by atoms with Gasteiger partial charge in [0.25, 0.3) is 0 Å². The fourth-order valence-electron chi connectivity index (χ4n) is 2.09. The zero-order chi connectivity index (χ0) is 19.5. The fourth-order valence-corrected chi connectivity index (χ4v) is 2.09. The summed E-state index contributed by atoms with van der Waals surface area (Å²) in [5.41, 5.74) is -1.87. The lowest BCUT2D eigenvalue weighted by Crippen LogP contribution is -2.28. The van der Waals surface area contributed by atoms with Crippen molar-refractivity contribution >= 4 is 11.7 Å². The first-order valence-corrected chi connectivity index (χ1v) is 7.35. The maximum absolute atomic E-state index is 12.8. The second-order valence-electron chi connectivity index (χ2n) is 5.59. The molecule has 0 fully saturated rings. The highest BCUT2D eigenvalue weighted by Crippen LogP contribution is 2.37. The van der Waals surface area contributed by atoms with Crippen LogP contribution in [0.25, 0.3) is 0 Å². The first kappa shape index (κ1) is 19.6. The summed E-state index contributed by atoms with van der Waals surface area (Å²) < 4.78 is 76.7. The molecule has 2 N–H and O–H groups in total. The Bertz CT molecular complexity index is 749. The molecule has 3 nitrogen and oxygen atoms in total. The number of nitrogens with one attached hydrogen (secondary N) is 2. The highest BCUT2D eigenvalue weighted by molar-refractivity contribution is 5.89. The normalized spacial score (nSPS) is 12.0. The summed E-state index contributed by atoms with van der Waals surface area (Å²) in [7, 11) is 0. The molecule has 0 aliphatic rings. The molecule has 0 aromatic heterocycles. The van der Waals surface area contributed by atoms with Crippen LogP contribution < -0.4 is 10.6 Å². The van der Waals surface area contributed by atoms with Gasteiger partial charge in [-0.15, -0.1) is 0 Å². The van der Waals surface area contributed by atoms with Gasteiger partial charge < -0.3 is 10.6 Å². The first-order chi connectivity index (χ1) is 11.9. The molecule has 0 radical (unpaired) electrons. The Hall–Kier alpha value is -2.71. The van der Waals surface area contributed by atoms with Crippen molar-refractivity contribution in [1.29, 1.82) is 0 Å². The average molecular weight is 376 g/mol. The zero-order valence-electron chi connectivity index (χ0n) is 13.4. The number of aryl methyl sites for hydroxylation is 1. The molecule has 0 aliphatic carbocycles. The molecule has 2 amide bonds. The van der Waals surface area contributed by atoms with E-state index >= 15 is 0 Å². The van der Waals surface area contributed by atoms with Gasteiger partial charge in [0, 0.05) is 12.2 Å². The first-order valence-electron chi connectivity index (χ1n) is 7.35. The Morgan fingerprint density at radius 3 is 1.85 bits per heavy atom. The minimum atomic E-state index is -4.98. The SMILES string of the molecule is Cc1ccc(CNC(=O)Nc2cc(C(F)(F)F)cc(C(F)(F)F)c2)cc1. The van der Waals surface area contributed by atoms with Gasteiger partial charge in [-0.1, -0.05) is 29.8 Å². The predicted molar refractivity (Wildman–Crippen MR) is 83.5 cm³/mol. The fraction of sp³-hybridized carbons (Fsp3) is 0.235. The summed E-state index contributed by atoms with van der Waals surface area (Å²) in [6.07, 6.45) is -9.95. The van der Waals surface area contributed by atoms with Crippen LogP contribution in [0.3, 0.4) is 0 Å². The lowest BCUT2D eigenvalue weighted by Gasteiger charge is -2.15. The molecular formula is C17H14F6N2O. The van der Waals surface area contributed by atoms with Crippen LogP contribution in [0.15, 0.2) is 42.5 Å². The number of anilines is 1. The largest absolute Gasteiger partial charge is 0.416 e. The minimum Gasteiger partial charge on any atom is -0.334 e. The van der Waals surface area contributed by atoms with Gasteiger partial charge in [-0.05, 0) is 30.7 Å². The number of benzene rings is 2. The topological polar surface area (TPSA) is 41.1 Å². The Morgan fingerprint density at radius 1 is 0.885 bits per heavy atom. The van der Waals surface area contributed by atoms with Crippen molar-refractivity contribution in [1.82, 2.24) is 5.32 Å². The monoisotopic (exact) mass is 376 g/mol. The minimum absolute atomic E-state index is 0.00458. The van der Waals surface area contributed by atoms with Gasteiger partial charge in [0.05, 0.1) is 11.1 Å². The summed E-state index contributed by atoms with van der Waals surface area (Å²) in [4.78, 5) is 11.8. The number of rotatable bonds is 3. The van der Waals surface area contributed by atoms with Crippen molar-refractivity contribution in [3.63, 3.8) is 0 Å². The summed E-state index contributed by atoms with van der Waals surface area (Å²) in [6.45, 7) is 1.94. The van der Waals surface area contributed by atoms with E-state index in [1.165, 1.54) is 0 Å². The third kappa shape index (κ3) is 5.40. The molecule has 0 saturated carbocycles. The van der Waals surface area contributed by atoms with Gasteiger partial charge in [-0.3, -0.25) is 0 Å². The van der Waals surface area contributed by atoms with Crippen molar-refractivity contribution in [3.05, 3.63) is 64.7 Å². The molecule has 0 heterocycles. The van der Waals surface area contributed by atoms with Crippen LogP contribution in [-0.2, 0) is 18.9 Å². The average Bonchev–Trinajstić information content (AvgIpc) is 2.52. The molecule has 9 heteroatoms. The molecule has 26 heavy (non-hydrogen) atoms. The van der Waals surface area contributed by atoms with Crippen molar-refractivity contribution in [2.45, 2.75) is 25.8 Å². The number of hydrogen-bond donors (Lipinski definition) is 2. The van der Waals surface area contributed by atoms with Crippen LogP contribution in [0.2, 0.25) is 0 Å². The highest BCUT2D eigenvalue weighted by Gasteiger charge is 2.37. The van der Waals surface area contributed by atoms with Crippen molar-refractivity contribution in [2.75, 3.05) is 5.32 Å². The molecule has 0 bridgehead atoms. The maximum Gasteiger partial charge on any atom is 0.416 e. The van der Waals surface area contributed by atoms with Crippen LogP contribution in [0.5, 0.6) is 0 Å². The molecule has 2 aromatic carbocycles. The Morgan fingerprint density at radius 2 is 1.38 bits per heavy atom. The highest BCUT2D eigenvalue weighted by atomic mass is 19.4. The molecule has 0 saturated heterocycles. The standard InChI is InChI=1S/C17H14F6N2O/c1-10-2-4-11(5-3-10)9-24-15(26)25-14-7-12(16(18,19)20)6-13(8-14)17(21,22)23/h2-8H,9H2,1H3,(H2,24,25,26). The lowest BCUT2D eigenvalue weighted by molar-refractivity contribution is -0.143. The van der Waals surface area contributed by atoms with E-state index < -0.39 is 35.2 Å². The Kier molecular flexibility index (Phi) is 5.48. The van der Waals surface area contributed by atoms with Crippen LogP contribution in [0.4, 0.5) is 36.8 Å². The number of urea groups is 1. The smallest absolute Gasteiger partial charge is 0.334 e. The number of alkyl halides is 6. The Balaban J connectivity index is 2.14. The molecule has 2 aromatic rings. The van der Waals surface area contributed by atoms with Crippen molar-refractivity contribution in [2.24, 2.45) is 0 Å². The maximum atomic E-state index is 12.8. The van der Waals surface area contributed by atoms with Crippen molar-refractivity contribution < 1.29 is 31.1 Å². The summed E-state index contributed by atoms with van der Waals surface area (Å²) in [6, 6.07) is 7.05. The number of carbonyl (C=O) groups excluding carboxylic acids is 1. The van der Waals surface area contributed by atoms with Crippen LogP contribution in [0.1, 0.15) is 22.3 Å². The van der Waals surface area contributed by atoms with Gasteiger partial charge in [0.2, 0.25) is 0 Å². The van der Waals surface area contributed by atoms with Gasteiger partial charge >= 0.3 is 18.4 Å². The van der Waals surface area contributed by atoms with E-state index in [1.807, 2.05) is 12.2 Å². The van der Waals surface area contributed by atoms with Gasteiger partial charge in [-0.2, -0.15) is 26.3 Å². The third-order valence-electron chi connectivity index (χ3n) is 3.42. The van der Waals surface area contributed by atoms with Crippen molar-refractivity contribution in [3.8, 4) is 0 Å².